The van der Waals surface area contributed by atoms with E-state index < -0.39 is 0 Å². The number of nitrogens with zero attached hydrogens (tertiary/aromatic N) is 5. The average molecular weight is 351 g/mol. The molecule has 1 aliphatic rings. The fourth-order valence-corrected chi connectivity index (χ4v) is 3.30. The van der Waals surface area contributed by atoms with Gasteiger partial charge in [-0.3, -0.25) is 15.1 Å². The Morgan fingerprint density at radius 3 is 2.85 bits per heavy atom. The molecule has 3 heterocycles. The molecule has 1 atom stereocenters. The number of carbonyl (C=O) groups is 1. The normalized spacial score (nSPS) is 16.8. The second-order valence-corrected chi connectivity index (χ2v) is 6.47. The summed E-state index contributed by atoms with van der Waals surface area (Å²) in [6, 6.07) is 11.5. The van der Waals surface area contributed by atoms with Gasteiger partial charge >= 0.3 is 6.03 Å². The van der Waals surface area contributed by atoms with Crippen LogP contribution in [0.25, 0.3) is 11.3 Å². The first kappa shape index (κ1) is 16.3. The Morgan fingerprint density at radius 1 is 1.31 bits per heavy atom. The molecule has 8 heteroatoms. The minimum Gasteiger partial charge on any atom is -0.314 e. The summed E-state index contributed by atoms with van der Waals surface area (Å²) in [5.41, 5.74) is 1.84. The maximum atomic E-state index is 12.8. The highest BCUT2D eigenvalue weighted by molar-refractivity contribution is 5.89. The Balaban J connectivity index is 1.52. The maximum absolute atomic E-state index is 12.8. The van der Waals surface area contributed by atoms with E-state index in [1.807, 2.05) is 50.4 Å². The van der Waals surface area contributed by atoms with Gasteiger partial charge in [0.2, 0.25) is 0 Å². The number of H-pyrrole nitrogens is 1. The van der Waals surface area contributed by atoms with Gasteiger partial charge in [0.05, 0.1) is 11.7 Å². The first-order valence-corrected chi connectivity index (χ1v) is 8.68. The fraction of sp³-hybridized carbons (Fsp3) is 0.333. The van der Waals surface area contributed by atoms with Crippen molar-refractivity contribution in [3.8, 4) is 11.3 Å². The maximum Gasteiger partial charge on any atom is 0.323 e. The van der Waals surface area contributed by atoms with Gasteiger partial charge in [-0.05, 0) is 19.8 Å². The number of urea groups is 1. The van der Waals surface area contributed by atoms with Crippen molar-refractivity contribution in [1.82, 2.24) is 29.9 Å². The van der Waals surface area contributed by atoms with Crippen LogP contribution in [-0.2, 0) is 7.05 Å². The number of rotatable bonds is 3. The van der Waals surface area contributed by atoms with Crippen LogP contribution in [0.2, 0.25) is 0 Å². The number of carbonyl (C=O) groups excluding carboxylic acids is 1. The summed E-state index contributed by atoms with van der Waals surface area (Å²) in [6.07, 6.45) is 1.80. The van der Waals surface area contributed by atoms with Crippen LogP contribution in [0.4, 0.5) is 10.6 Å². The Hall–Kier alpha value is -3.16. The van der Waals surface area contributed by atoms with Crippen molar-refractivity contribution < 1.29 is 4.79 Å². The number of hydrogen-bond donors (Lipinski definition) is 2. The molecule has 1 saturated heterocycles. The third-order valence-corrected chi connectivity index (χ3v) is 4.61. The first-order valence-electron chi connectivity index (χ1n) is 8.68. The van der Waals surface area contributed by atoms with Crippen LogP contribution < -0.4 is 5.32 Å². The largest absolute Gasteiger partial charge is 0.323 e. The van der Waals surface area contributed by atoms with Gasteiger partial charge in [-0.25, -0.2) is 9.78 Å². The predicted octanol–water partition coefficient (Wildman–Crippen LogP) is 2.88. The van der Waals surface area contributed by atoms with Gasteiger partial charge in [-0.15, -0.1) is 0 Å². The molecule has 0 aliphatic carbocycles. The fourth-order valence-electron chi connectivity index (χ4n) is 3.30. The molecule has 0 saturated carbocycles. The number of aryl methyl sites for hydroxylation is 2. The second-order valence-electron chi connectivity index (χ2n) is 6.47. The van der Waals surface area contributed by atoms with Gasteiger partial charge in [0.1, 0.15) is 11.6 Å². The van der Waals surface area contributed by atoms with E-state index in [1.54, 1.807) is 9.58 Å². The van der Waals surface area contributed by atoms with Gasteiger partial charge in [0, 0.05) is 25.2 Å². The molecule has 1 aromatic carbocycles. The van der Waals surface area contributed by atoms with Crippen molar-refractivity contribution in [3.05, 3.63) is 48.0 Å². The predicted molar refractivity (Wildman–Crippen MR) is 97.5 cm³/mol. The molecule has 0 spiro atoms. The lowest BCUT2D eigenvalue weighted by atomic mass is 10.2. The average Bonchev–Trinajstić information content (AvgIpc) is 3.36. The molecule has 8 nitrogen and oxygen atoms in total. The van der Waals surface area contributed by atoms with Crippen molar-refractivity contribution in [3.63, 3.8) is 0 Å². The SMILES string of the molecule is Cc1nc(C2CCCN2C(=O)Nc2cc(-c3ccccc3)nn2C)n[nH]1. The van der Waals surface area contributed by atoms with Crippen molar-refractivity contribution in [2.24, 2.45) is 7.05 Å². The highest BCUT2D eigenvalue weighted by atomic mass is 16.2. The van der Waals surface area contributed by atoms with Crippen LogP contribution in [0.1, 0.15) is 30.5 Å². The zero-order chi connectivity index (χ0) is 18.1. The standard InChI is InChI=1S/C18H21N7O/c1-12-19-17(22-21-12)15-9-6-10-25(15)18(26)20-16-11-14(23-24(16)2)13-7-4-3-5-8-13/h3-5,7-8,11,15H,6,9-10H2,1-2H3,(H,20,26)(H,19,21,22). The summed E-state index contributed by atoms with van der Waals surface area (Å²) in [5, 5.41) is 14.5. The lowest BCUT2D eigenvalue weighted by Crippen LogP contribution is -2.35. The lowest BCUT2D eigenvalue weighted by molar-refractivity contribution is 0.205. The van der Waals surface area contributed by atoms with E-state index in [1.165, 1.54) is 0 Å². The van der Waals surface area contributed by atoms with E-state index in [2.05, 4.69) is 25.6 Å². The summed E-state index contributed by atoms with van der Waals surface area (Å²) in [6.45, 7) is 2.55. The highest BCUT2D eigenvalue weighted by Gasteiger charge is 2.33. The molecule has 2 aromatic heterocycles. The van der Waals surface area contributed by atoms with Crippen LogP contribution >= 0.6 is 0 Å². The summed E-state index contributed by atoms with van der Waals surface area (Å²) >= 11 is 0. The Bertz CT molecular complexity index is 915. The minimum atomic E-state index is -0.155. The Kier molecular flexibility index (Phi) is 4.16. The van der Waals surface area contributed by atoms with Crippen molar-refractivity contribution >= 4 is 11.8 Å². The van der Waals surface area contributed by atoms with Crippen LogP contribution in [0, 0.1) is 6.92 Å². The van der Waals surface area contributed by atoms with Gasteiger partial charge in [-0.2, -0.15) is 10.2 Å². The topological polar surface area (TPSA) is 91.7 Å². The molecule has 2 amide bonds. The smallest absolute Gasteiger partial charge is 0.314 e. The van der Waals surface area contributed by atoms with Crippen molar-refractivity contribution in [2.75, 3.05) is 11.9 Å². The van der Waals surface area contributed by atoms with Gasteiger partial charge in [0.15, 0.2) is 5.82 Å². The number of aromatic nitrogens is 5. The highest BCUT2D eigenvalue weighted by Crippen LogP contribution is 2.30. The third-order valence-electron chi connectivity index (χ3n) is 4.61. The van der Waals surface area contributed by atoms with Gasteiger partial charge in [-0.1, -0.05) is 30.3 Å². The summed E-state index contributed by atoms with van der Waals surface area (Å²) in [7, 11) is 1.82. The molecule has 134 valence electrons. The molecule has 3 aromatic rings. The molecule has 1 fully saturated rings. The third kappa shape index (κ3) is 3.05. The Labute approximate surface area is 151 Å². The lowest BCUT2D eigenvalue weighted by Gasteiger charge is -2.22. The minimum absolute atomic E-state index is 0.0956. The molecule has 0 bridgehead atoms. The number of hydrogen-bond acceptors (Lipinski definition) is 4. The monoisotopic (exact) mass is 351 g/mol. The zero-order valence-corrected chi connectivity index (χ0v) is 14.8. The van der Waals surface area contributed by atoms with Crippen LogP contribution in [0.3, 0.4) is 0 Å². The van der Waals surface area contributed by atoms with E-state index in [0.29, 0.717) is 18.2 Å². The van der Waals surface area contributed by atoms with E-state index in [0.717, 1.165) is 29.9 Å². The molecule has 1 unspecified atom stereocenters. The molecule has 4 rings (SSSR count). The number of amides is 2. The second kappa shape index (κ2) is 6.62. The van der Waals surface area contributed by atoms with E-state index in [-0.39, 0.29) is 12.1 Å². The zero-order valence-electron chi connectivity index (χ0n) is 14.8. The van der Waals surface area contributed by atoms with Crippen LogP contribution in [-0.4, -0.2) is 42.4 Å². The van der Waals surface area contributed by atoms with E-state index in [4.69, 9.17) is 0 Å². The van der Waals surface area contributed by atoms with Gasteiger partial charge < -0.3 is 4.90 Å². The number of benzene rings is 1. The van der Waals surface area contributed by atoms with Crippen LogP contribution in [0.15, 0.2) is 36.4 Å². The van der Waals surface area contributed by atoms with E-state index >= 15 is 0 Å². The molecule has 2 N–H and O–H groups in total. The number of anilines is 1. The van der Waals surface area contributed by atoms with Crippen LogP contribution in [0.5, 0.6) is 0 Å². The molecular weight excluding hydrogens is 330 g/mol. The van der Waals surface area contributed by atoms with Crippen molar-refractivity contribution in [1.29, 1.82) is 0 Å². The number of aromatic amines is 1. The number of likely N-dealkylation sites (tertiary alicyclic amines) is 1. The summed E-state index contributed by atoms with van der Waals surface area (Å²) in [4.78, 5) is 19.0. The van der Waals surface area contributed by atoms with Crippen molar-refractivity contribution in [2.45, 2.75) is 25.8 Å². The first-order chi connectivity index (χ1) is 12.6. The molecule has 1 aliphatic heterocycles. The number of nitrogens with one attached hydrogen (secondary N) is 2. The summed E-state index contributed by atoms with van der Waals surface area (Å²) < 4.78 is 1.68. The Morgan fingerprint density at radius 2 is 2.12 bits per heavy atom. The molecule has 26 heavy (non-hydrogen) atoms. The quantitative estimate of drug-likeness (QED) is 0.759. The molecule has 0 radical (unpaired) electrons. The van der Waals surface area contributed by atoms with E-state index in [9.17, 15) is 4.79 Å². The molecular formula is C18H21N7O. The van der Waals surface area contributed by atoms with Gasteiger partial charge in [0.25, 0.3) is 0 Å². The summed E-state index contributed by atoms with van der Waals surface area (Å²) in [5.74, 6) is 2.09.